The standard InChI is InChI=1S/C12H25B2N2OP/c13-12(14)17-11(18-12)16-9-5-4-8-15-10-6-2-1-3-7-10/h10,15-16H,1-9,13-14H2. The zero-order valence-electron chi connectivity index (χ0n) is 11.8. The molecule has 0 unspecified atom stereocenters. The van der Waals surface area contributed by atoms with Gasteiger partial charge < -0.3 is 10.1 Å². The highest BCUT2D eigenvalue weighted by molar-refractivity contribution is 7.48. The van der Waals surface area contributed by atoms with E-state index >= 15 is 0 Å². The van der Waals surface area contributed by atoms with Crippen molar-refractivity contribution < 1.29 is 4.74 Å². The summed E-state index contributed by atoms with van der Waals surface area (Å²) in [7, 11) is 5.54. The number of ether oxygens (including phenoxy) is 1. The molecule has 6 heteroatoms. The van der Waals surface area contributed by atoms with E-state index < -0.39 is 0 Å². The molecule has 0 bridgehead atoms. The second-order valence-electron chi connectivity index (χ2n) is 5.89. The van der Waals surface area contributed by atoms with Crippen molar-refractivity contribution in [3.8, 4) is 0 Å². The van der Waals surface area contributed by atoms with Crippen molar-refractivity contribution in [2.45, 2.75) is 56.1 Å². The van der Waals surface area contributed by atoms with Gasteiger partial charge in [0, 0.05) is 12.6 Å². The molecule has 0 atom stereocenters. The maximum Gasteiger partial charge on any atom is 0.143 e. The summed E-state index contributed by atoms with van der Waals surface area (Å²) in [6.45, 7) is 2.22. The molecule has 0 aromatic rings. The van der Waals surface area contributed by atoms with E-state index in [4.69, 9.17) is 4.74 Å². The number of nitrogens with one attached hydrogen (secondary N) is 2. The minimum atomic E-state index is 0.0465. The molecule has 1 aliphatic carbocycles. The van der Waals surface area contributed by atoms with E-state index in [-0.39, 0.29) is 5.14 Å². The van der Waals surface area contributed by atoms with E-state index in [9.17, 15) is 0 Å². The molecule has 0 spiro atoms. The quantitative estimate of drug-likeness (QED) is 0.393. The monoisotopic (exact) mass is 266 g/mol. The summed E-state index contributed by atoms with van der Waals surface area (Å²) in [6, 6.07) is 0.801. The Labute approximate surface area is 114 Å². The second kappa shape index (κ2) is 7.09. The van der Waals surface area contributed by atoms with Gasteiger partial charge in [-0.25, -0.2) is 0 Å². The molecule has 0 aromatic heterocycles. The van der Waals surface area contributed by atoms with Crippen LogP contribution in [0.3, 0.4) is 0 Å². The van der Waals surface area contributed by atoms with Crippen LogP contribution in [-0.2, 0) is 4.74 Å². The van der Waals surface area contributed by atoms with Crippen LogP contribution < -0.4 is 10.6 Å². The zero-order valence-corrected chi connectivity index (χ0v) is 12.7. The van der Waals surface area contributed by atoms with Crippen LogP contribution in [0.25, 0.3) is 0 Å². The van der Waals surface area contributed by atoms with E-state index in [2.05, 4.69) is 26.3 Å². The van der Waals surface area contributed by atoms with Gasteiger partial charge >= 0.3 is 0 Å². The fraction of sp³-hybridized carbons (Fsp3) is 0.917. The lowest BCUT2D eigenvalue weighted by Gasteiger charge is -2.32. The summed E-state index contributed by atoms with van der Waals surface area (Å²) in [4.78, 5) is 0. The minimum absolute atomic E-state index is 0.0465. The van der Waals surface area contributed by atoms with Gasteiger partial charge in [0.15, 0.2) is 0 Å². The molecule has 2 rings (SSSR count). The highest BCUT2D eigenvalue weighted by atomic mass is 31.1. The van der Waals surface area contributed by atoms with Crippen LogP contribution in [0.5, 0.6) is 0 Å². The van der Waals surface area contributed by atoms with E-state index in [0.717, 1.165) is 18.2 Å². The average molecular weight is 266 g/mol. The van der Waals surface area contributed by atoms with E-state index in [1.54, 1.807) is 0 Å². The summed E-state index contributed by atoms with van der Waals surface area (Å²) in [5, 5.41) is 7.10. The molecule has 0 radical (unpaired) electrons. The Kier molecular flexibility index (Phi) is 5.75. The van der Waals surface area contributed by atoms with Gasteiger partial charge in [0.25, 0.3) is 0 Å². The third-order valence-electron chi connectivity index (χ3n) is 3.64. The number of rotatable bonds is 7. The van der Waals surface area contributed by atoms with Gasteiger partial charge in [-0.3, -0.25) is 5.32 Å². The summed E-state index contributed by atoms with van der Waals surface area (Å²) in [6.07, 6.45) is 9.54. The molecule has 3 nitrogen and oxygen atoms in total. The third kappa shape index (κ3) is 5.05. The Morgan fingerprint density at radius 1 is 1.17 bits per heavy atom. The molecule has 0 saturated heterocycles. The van der Waals surface area contributed by atoms with Gasteiger partial charge in [-0.15, -0.1) is 0 Å². The lowest BCUT2D eigenvalue weighted by atomic mass is 9.80. The molecular weight excluding hydrogens is 241 g/mol. The van der Waals surface area contributed by atoms with Gasteiger partial charge in [0.1, 0.15) is 21.3 Å². The Balaban J connectivity index is 1.42. The van der Waals surface area contributed by atoms with Crippen LogP contribution in [0.4, 0.5) is 0 Å². The van der Waals surface area contributed by atoms with Crippen LogP contribution in [0.1, 0.15) is 44.9 Å². The largest absolute Gasteiger partial charge is 0.335 e. The zero-order chi connectivity index (χ0) is 12.8. The van der Waals surface area contributed by atoms with Crippen molar-refractivity contribution in [2.24, 2.45) is 0 Å². The topological polar surface area (TPSA) is 33.3 Å². The Bertz CT molecular complexity index is 294. The summed E-state index contributed by atoms with van der Waals surface area (Å²) in [5.74, 6) is 0. The molecule has 1 fully saturated rings. The van der Waals surface area contributed by atoms with Gasteiger partial charge in [-0.1, -0.05) is 19.3 Å². The first-order chi connectivity index (χ1) is 8.66. The highest BCUT2D eigenvalue weighted by Gasteiger charge is 2.28. The van der Waals surface area contributed by atoms with E-state index in [1.165, 1.54) is 59.7 Å². The van der Waals surface area contributed by atoms with Gasteiger partial charge in [-0.05, 0) is 40.4 Å². The van der Waals surface area contributed by atoms with Crippen LogP contribution in [0.2, 0.25) is 0 Å². The van der Waals surface area contributed by atoms with Crippen LogP contribution in [-0.4, -0.2) is 45.6 Å². The lowest BCUT2D eigenvalue weighted by Crippen LogP contribution is -2.44. The molecule has 1 aliphatic heterocycles. The van der Waals surface area contributed by atoms with Gasteiger partial charge in [-0.2, -0.15) is 0 Å². The van der Waals surface area contributed by atoms with E-state index in [1.807, 2.05) is 0 Å². The molecule has 0 amide bonds. The minimum Gasteiger partial charge on any atom is -0.335 e. The second-order valence-corrected chi connectivity index (χ2v) is 7.60. The third-order valence-corrected chi connectivity index (χ3v) is 4.72. The Morgan fingerprint density at radius 2 is 1.83 bits per heavy atom. The van der Waals surface area contributed by atoms with E-state index in [0.29, 0.717) is 0 Å². The van der Waals surface area contributed by atoms with Crippen molar-refractivity contribution in [1.82, 2.24) is 10.6 Å². The molecule has 0 aromatic carbocycles. The Hall–Kier alpha value is 0.180. The summed E-state index contributed by atoms with van der Waals surface area (Å²) < 4.78 is 5.61. The first-order valence-corrected chi connectivity index (χ1v) is 8.31. The molecule has 1 saturated carbocycles. The first-order valence-electron chi connectivity index (χ1n) is 7.42. The van der Waals surface area contributed by atoms with Crippen molar-refractivity contribution in [3.63, 3.8) is 0 Å². The fourth-order valence-electron chi connectivity index (χ4n) is 2.62. The fourth-order valence-corrected chi connectivity index (χ4v) is 3.58. The maximum atomic E-state index is 5.61. The number of unbranched alkanes of at least 4 members (excludes halogenated alkanes) is 1. The average Bonchev–Trinajstić information content (AvgIpc) is 2.32. The van der Waals surface area contributed by atoms with Crippen LogP contribution >= 0.6 is 8.20 Å². The predicted octanol–water partition coefficient (Wildman–Crippen LogP) is 0.220. The molecule has 18 heavy (non-hydrogen) atoms. The maximum absolute atomic E-state index is 5.61. The van der Waals surface area contributed by atoms with Gasteiger partial charge in [0.05, 0.1) is 5.14 Å². The summed E-state index contributed by atoms with van der Waals surface area (Å²) in [5.41, 5.74) is 1.06. The molecule has 2 aliphatic rings. The first kappa shape index (κ1) is 14.6. The summed E-state index contributed by atoms with van der Waals surface area (Å²) >= 11 is 0. The lowest BCUT2D eigenvalue weighted by molar-refractivity contribution is 0.283. The van der Waals surface area contributed by atoms with Crippen LogP contribution in [0.15, 0.2) is 0 Å². The predicted molar refractivity (Wildman–Crippen MR) is 84.9 cm³/mol. The van der Waals surface area contributed by atoms with Crippen molar-refractivity contribution in [2.75, 3.05) is 13.1 Å². The molecule has 100 valence electrons. The smallest absolute Gasteiger partial charge is 0.143 e. The number of hydrogen-bond acceptors (Lipinski definition) is 3. The highest BCUT2D eigenvalue weighted by Crippen LogP contribution is 2.29. The van der Waals surface area contributed by atoms with Crippen LogP contribution in [0, 0.1) is 0 Å². The van der Waals surface area contributed by atoms with Gasteiger partial charge in [0.2, 0.25) is 0 Å². The van der Waals surface area contributed by atoms with Crippen molar-refractivity contribution in [1.29, 1.82) is 0 Å². The normalized spacial score (nSPS) is 24.3. The Morgan fingerprint density at radius 3 is 2.50 bits per heavy atom. The molecule has 1 heterocycles. The molecule has 2 N–H and O–H groups in total. The number of hydrogen-bond donors (Lipinski definition) is 2. The SMILES string of the molecule is BC1(B)OC(NCCCCNC2CCCCC2)=P1. The van der Waals surface area contributed by atoms with Crippen molar-refractivity contribution >= 4 is 29.5 Å². The van der Waals surface area contributed by atoms with Crippen molar-refractivity contribution in [3.05, 3.63) is 0 Å². The molecular formula is C12H25B2N2OP.